The van der Waals surface area contributed by atoms with E-state index in [-0.39, 0.29) is 17.7 Å². The topological polar surface area (TPSA) is 73.0 Å². The van der Waals surface area contributed by atoms with E-state index in [0.717, 1.165) is 18.5 Å². The number of carbonyl (C=O) groups is 3. The summed E-state index contributed by atoms with van der Waals surface area (Å²) in [5.74, 6) is 0.0171. The molecule has 1 aromatic carbocycles. The normalized spacial score (nSPS) is 15.3. The van der Waals surface area contributed by atoms with Crippen LogP contribution >= 0.6 is 0 Å². The Morgan fingerprint density at radius 3 is 2.35 bits per heavy atom. The van der Waals surface area contributed by atoms with Gasteiger partial charge in [0, 0.05) is 59.3 Å². The highest BCUT2D eigenvalue weighted by molar-refractivity contribution is 5.94. The van der Waals surface area contributed by atoms with Crippen molar-refractivity contribution in [3.8, 4) is 0 Å². The first-order chi connectivity index (χ1) is 12.4. The molecule has 1 saturated heterocycles. The van der Waals surface area contributed by atoms with Gasteiger partial charge in [-0.2, -0.15) is 0 Å². The average molecular weight is 360 g/mol. The van der Waals surface area contributed by atoms with Gasteiger partial charge in [-0.15, -0.1) is 0 Å². The lowest BCUT2D eigenvalue weighted by Crippen LogP contribution is -2.39. The van der Waals surface area contributed by atoms with Crippen LogP contribution in [0, 0.1) is 0 Å². The summed E-state index contributed by atoms with van der Waals surface area (Å²) in [6.07, 6.45) is 0.854. The molecule has 2 rings (SSSR count). The number of hydrogen-bond donors (Lipinski definition) is 1. The first-order valence-electron chi connectivity index (χ1n) is 8.92. The molecule has 0 aromatic heterocycles. The first kappa shape index (κ1) is 19.9. The lowest BCUT2D eigenvalue weighted by atomic mass is 10.1. The van der Waals surface area contributed by atoms with E-state index in [1.165, 1.54) is 6.92 Å². The molecule has 0 unspecified atom stereocenters. The number of benzene rings is 1. The summed E-state index contributed by atoms with van der Waals surface area (Å²) < 4.78 is 0. The number of rotatable bonds is 5. The van der Waals surface area contributed by atoms with Crippen LogP contribution in [-0.4, -0.2) is 79.2 Å². The Balaban J connectivity index is 1.91. The van der Waals surface area contributed by atoms with E-state index in [1.807, 2.05) is 17.0 Å². The second-order valence-electron chi connectivity index (χ2n) is 6.82. The van der Waals surface area contributed by atoms with E-state index in [0.29, 0.717) is 38.3 Å². The van der Waals surface area contributed by atoms with Crippen molar-refractivity contribution >= 4 is 17.7 Å². The minimum Gasteiger partial charge on any atom is -0.352 e. The number of likely N-dealkylation sites (N-methyl/N-ethyl adjacent to an activating group) is 1. The highest BCUT2D eigenvalue weighted by Gasteiger charge is 2.21. The Labute approximate surface area is 154 Å². The molecule has 7 heteroatoms. The molecule has 1 N–H and O–H groups in total. The molecule has 0 radical (unpaired) electrons. The van der Waals surface area contributed by atoms with Crippen LogP contribution in [0.3, 0.4) is 0 Å². The predicted molar refractivity (Wildman–Crippen MR) is 99.6 cm³/mol. The molecule has 1 heterocycles. The van der Waals surface area contributed by atoms with Crippen molar-refractivity contribution < 1.29 is 14.4 Å². The van der Waals surface area contributed by atoms with E-state index >= 15 is 0 Å². The molecular weight excluding hydrogens is 332 g/mol. The largest absolute Gasteiger partial charge is 0.352 e. The van der Waals surface area contributed by atoms with Gasteiger partial charge in [0.1, 0.15) is 0 Å². The molecule has 1 aliphatic heterocycles. The number of amides is 3. The fourth-order valence-corrected chi connectivity index (χ4v) is 2.84. The second kappa shape index (κ2) is 9.33. The van der Waals surface area contributed by atoms with E-state index in [2.05, 4.69) is 10.2 Å². The standard InChI is InChI=1S/C19H28N4O3/c1-15(24)20-13-16-5-7-17(8-6-16)19(26)23-10-4-9-22(11-12-23)14-18(25)21(2)3/h5-8H,4,9-14H2,1-3H3,(H,20,24). The van der Waals surface area contributed by atoms with Crippen LogP contribution in [0.2, 0.25) is 0 Å². The van der Waals surface area contributed by atoms with E-state index in [9.17, 15) is 14.4 Å². The van der Waals surface area contributed by atoms with Gasteiger partial charge in [-0.3, -0.25) is 19.3 Å². The van der Waals surface area contributed by atoms with Gasteiger partial charge in [-0.1, -0.05) is 12.1 Å². The third-order valence-corrected chi connectivity index (χ3v) is 4.48. The Morgan fingerprint density at radius 1 is 1.04 bits per heavy atom. The van der Waals surface area contributed by atoms with Crippen LogP contribution in [0.5, 0.6) is 0 Å². The Morgan fingerprint density at radius 2 is 1.73 bits per heavy atom. The van der Waals surface area contributed by atoms with Crippen molar-refractivity contribution in [3.63, 3.8) is 0 Å². The zero-order chi connectivity index (χ0) is 19.1. The van der Waals surface area contributed by atoms with Gasteiger partial charge < -0.3 is 15.1 Å². The van der Waals surface area contributed by atoms with Gasteiger partial charge in [0.2, 0.25) is 11.8 Å². The maximum atomic E-state index is 12.7. The van der Waals surface area contributed by atoms with Crippen molar-refractivity contribution in [2.45, 2.75) is 19.9 Å². The van der Waals surface area contributed by atoms with Crippen LogP contribution in [0.4, 0.5) is 0 Å². The molecule has 1 fully saturated rings. The molecular formula is C19H28N4O3. The minimum atomic E-state index is -0.0768. The summed E-state index contributed by atoms with van der Waals surface area (Å²) in [6.45, 7) is 5.17. The van der Waals surface area contributed by atoms with Gasteiger partial charge in [0.05, 0.1) is 6.54 Å². The van der Waals surface area contributed by atoms with Gasteiger partial charge in [0.25, 0.3) is 5.91 Å². The van der Waals surface area contributed by atoms with Crippen LogP contribution < -0.4 is 5.32 Å². The molecule has 26 heavy (non-hydrogen) atoms. The van der Waals surface area contributed by atoms with Gasteiger partial charge >= 0.3 is 0 Å². The highest BCUT2D eigenvalue weighted by atomic mass is 16.2. The molecule has 3 amide bonds. The average Bonchev–Trinajstić information content (AvgIpc) is 2.85. The SMILES string of the molecule is CC(=O)NCc1ccc(C(=O)N2CCCN(CC(=O)N(C)C)CC2)cc1. The summed E-state index contributed by atoms with van der Waals surface area (Å²) in [4.78, 5) is 41.1. The molecule has 0 atom stereocenters. The van der Waals surface area contributed by atoms with E-state index < -0.39 is 0 Å². The smallest absolute Gasteiger partial charge is 0.253 e. The lowest BCUT2D eigenvalue weighted by molar-refractivity contribution is -0.129. The summed E-state index contributed by atoms with van der Waals surface area (Å²) >= 11 is 0. The van der Waals surface area contributed by atoms with Gasteiger partial charge in [0.15, 0.2) is 0 Å². The predicted octanol–water partition coefficient (Wildman–Crippen LogP) is 0.559. The summed E-state index contributed by atoms with van der Waals surface area (Å²) in [6, 6.07) is 7.33. The zero-order valence-corrected chi connectivity index (χ0v) is 15.8. The third kappa shape index (κ3) is 5.84. The summed E-state index contributed by atoms with van der Waals surface area (Å²) in [5.41, 5.74) is 1.61. The number of nitrogens with one attached hydrogen (secondary N) is 1. The van der Waals surface area contributed by atoms with E-state index in [1.54, 1.807) is 31.1 Å². The van der Waals surface area contributed by atoms with Crippen LogP contribution in [-0.2, 0) is 16.1 Å². The monoisotopic (exact) mass is 360 g/mol. The highest BCUT2D eigenvalue weighted by Crippen LogP contribution is 2.11. The molecule has 7 nitrogen and oxygen atoms in total. The second-order valence-corrected chi connectivity index (χ2v) is 6.82. The summed E-state index contributed by atoms with van der Waals surface area (Å²) in [5, 5.41) is 2.74. The fourth-order valence-electron chi connectivity index (χ4n) is 2.84. The van der Waals surface area contributed by atoms with Crippen molar-refractivity contribution in [1.29, 1.82) is 0 Å². The molecule has 0 spiro atoms. The number of nitrogens with zero attached hydrogens (tertiary/aromatic N) is 3. The molecule has 142 valence electrons. The fraction of sp³-hybridized carbons (Fsp3) is 0.526. The van der Waals surface area contributed by atoms with Crippen molar-refractivity contribution in [2.75, 3.05) is 46.8 Å². The maximum absolute atomic E-state index is 12.7. The Hall–Kier alpha value is -2.41. The van der Waals surface area contributed by atoms with E-state index in [4.69, 9.17) is 0 Å². The van der Waals surface area contributed by atoms with Gasteiger partial charge in [-0.05, 0) is 24.1 Å². The number of hydrogen-bond acceptors (Lipinski definition) is 4. The summed E-state index contributed by atoms with van der Waals surface area (Å²) in [7, 11) is 3.51. The quantitative estimate of drug-likeness (QED) is 0.833. The molecule has 0 bridgehead atoms. The molecule has 1 aromatic rings. The first-order valence-corrected chi connectivity index (χ1v) is 8.92. The Kier molecular flexibility index (Phi) is 7.15. The lowest BCUT2D eigenvalue weighted by Gasteiger charge is -2.23. The van der Waals surface area contributed by atoms with Crippen molar-refractivity contribution in [1.82, 2.24) is 20.0 Å². The maximum Gasteiger partial charge on any atom is 0.253 e. The van der Waals surface area contributed by atoms with Crippen molar-refractivity contribution in [3.05, 3.63) is 35.4 Å². The third-order valence-electron chi connectivity index (χ3n) is 4.48. The zero-order valence-electron chi connectivity index (χ0n) is 15.8. The van der Waals surface area contributed by atoms with Crippen LogP contribution in [0.1, 0.15) is 29.3 Å². The number of carbonyl (C=O) groups excluding carboxylic acids is 3. The van der Waals surface area contributed by atoms with Crippen molar-refractivity contribution in [2.24, 2.45) is 0 Å². The minimum absolute atomic E-state index is 0.0110. The molecule has 0 aliphatic carbocycles. The Bertz CT molecular complexity index is 643. The van der Waals surface area contributed by atoms with Gasteiger partial charge in [-0.25, -0.2) is 0 Å². The van der Waals surface area contributed by atoms with Crippen LogP contribution in [0.15, 0.2) is 24.3 Å². The molecule has 0 saturated carbocycles. The molecule has 1 aliphatic rings. The van der Waals surface area contributed by atoms with Crippen LogP contribution in [0.25, 0.3) is 0 Å².